The SMILES string of the molecule is CC1(C)OC(=O)C(=Cc2ccc(COCC3CCCCC3)cc2)C(=O)O1. The summed E-state index contributed by atoms with van der Waals surface area (Å²) in [5.41, 5.74) is 1.72. The van der Waals surface area contributed by atoms with Gasteiger partial charge in [0.15, 0.2) is 0 Å². The number of hydrogen-bond donors (Lipinski definition) is 0. The van der Waals surface area contributed by atoms with Gasteiger partial charge in [-0.1, -0.05) is 43.5 Å². The van der Waals surface area contributed by atoms with Crippen LogP contribution in [0.3, 0.4) is 0 Å². The Labute approximate surface area is 154 Å². The molecule has 1 aromatic carbocycles. The van der Waals surface area contributed by atoms with Gasteiger partial charge in [-0.3, -0.25) is 0 Å². The van der Waals surface area contributed by atoms with Crippen molar-refractivity contribution in [2.24, 2.45) is 5.92 Å². The van der Waals surface area contributed by atoms with E-state index >= 15 is 0 Å². The summed E-state index contributed by atoms with van der Waals surface area (Å²) in [5.74, 6) is -1.84. The number of ether oxygens (including phenoxy) is 3. The van der Waals surface area contributed by atoms with Crippen LogP contribution in [0.4, 0.5) is 0 Å². The predicted octanol–water partition coefficient (Wildman–Crippen LogP) is 4.00. The molecule has 0 spiro atoms. The fourth-order valence-corrected chi connectivity index (χ4v) is 3.35. The van der Waals surface area contributed by atoms with Crippen molar-refractivity contribution in [1.29, 1.82) is 0 Å². The van der Waals surface area contributed by atoms with Crippen molar-refractivity contribution in [3.8, 4) is 0 Å². The van der Waals surface area contributed by atoms with Gasteiger partial charge < -0.3 is 14.2 Å². The van der Waals surface area contributed by atoms with E-state index in [2.05, 4.69) is 0 Å². The van der Waals surface area contributed by atoms with E-state index in [1.807, 2.05) is 24.3 Å². The highest BCUT2D eigenvalue weighted by Crippen LogP contribution is 2.25. The monoisotopic (exact) mass is 358 g/mol. The zero-order valence-electron chi connectivity index (χ0n) is 15.5. The van der Waals surface area contributed by atoms with Gasteiger partial charge in [0.05, 0.1) is 6.61 Å². The van der Waals surface area contributed by atoms with Crippen molar-refractivity contribution in [3.05, 3.63) is 41.0 Å². The highest BCUT2D eigenvalue weighted by atomic mass is 16.7. The maximum atomic E-state index is 12.0. The molecule has 1 aliphatic carbocycles. The van der Waals surface area contributed by atoms with Crippen molar-refractivity contribution < 1.29 is 23.8 Å². The molecule has 1 aromatic rings. The lowest BCUT2D eigenvalue weighted by atomic mass is 9.90. The fraction of sp³-hybridized carbons (Fsp3) is 0.524. The van der Waals surface area contributed by atoms with Crippen LogP contribution in [-0.2, 0) is 30.4 Å². The number of rotatable bonds is 5. The van der Waals surface area contributed by atoms with Crippen molar-refractivity contribution >= 4 is 18.0 Å². The van der Waals surface area contributed by atoms with Crippen LogP contribution in [0.1, 0.15) is 57.1 Å². The summed E-state index contributed by atoms with van der Waals surface area (Å²) in [5, 5.41) is 0. The van der Waals surface area contributed by atoms with E-state index in [1.54, 1.807) is 0 Å². The summed E-state index contributed by atoms with van der Waals surface area (Å²) < 4.78 is 16.0. The summed E-state index contributed by atoms with van der Waals surface area (Å²) >= 11 is 0. The van der Waals surface area contributed by atoms with Crippen LogP contribution in [0.5, 0.6) is 0 Å². The summed E-state index contributed by atoms with van der Waals surface area (Å²) in [6, 6.07) is 7.59. The van der Waals surface area contributed by atoms with Crippen LogP contribution in [-0.4, -0.2) is 24.3 Å². The number of hydrogen-bond acceptors (Lipinski definition) is 5. The second-order valence-corrected chi connectivity index (χ2v) is 7.50. The Balaban J connectivity index is 1.55. The highest BCUT2D eigenvalue weighted by Gasteiger charge is 2.38. The molecule has 5 nitrogen and oxygen atoms in total. The lowest BCUT2D eigenvalue weighted by Crippen LogP contribution is -2.41. The van der Waals surface area contributed by atoms with E-state index in [1.165, 1.54) is 52.0 Å². The van der Waals surface area contributed by atoms with E-state index in [0.717, 1.165) is 17.7 Å². The third-order valence-electron chi connectivity index (χ3n) is 4.75. The zero-order chi connectivity index (χ0) is 18.6. The number of benzene rings is 1. The number of esters is 2. The first kappa shape index (κ1) is 18.6. The molecule has 0 aromatic heterocycles. The molecule has 3 rings (SSSR count). The smallest absolute Gasteiger partial charge is 0.348 e. The topological polar surface area (TPSA) is 61.8 Å². The largest absolute Gasteiger partial charge is 0.419 e. The summed E-state index contributed by atoms with van der Waals surface area (Å²) in [4.78, 5) is 23.9. The van der Waals surface area contributed by atoms with Crippen molar-refractivity contribution in [2.75, 3.05) is 6.61 Å². The van der Waals surface area contributed by atoms with Crippen LogP contribution in [0.15, 0.2) is 29.8 Å². The number of carbonyl (C=O) groups is 2. The first-order chi connectivity index (χ1) is 12.4. The molecule has 0 radical (unpaired) electrons. The normalized spacial score (nSPS) is 20.5. The van der Waals surface area contributed by atoms with Gasteiger partial charge >= 0.3 is 11.9 Å². The average Bonchev–Trinajstić information content (AvgIpc) is 2.59. The fourth-order valence-electron chi connectivity index (χ4n) is 3.35. The molecule has 0 N–H and O–H groups in total. The van der Waals surface area contributed by atoms with E-state index in [4.69, 9.17) is 14.2 Å². The Morgan fingerprint density at radius 3 is 2.27 bits per heavy atom. The molecular weight excluding hydrogens is 332 g/mol. The van der Waals surface area contributed by atoms with E-state index in [0.29, 0.717) is 12.5 Å². The van der Waals surface area contributed by atoms with Gasteiger partial charge in [0.1, 0.15) is 5.57 Å². The number of carbonyl (C=O) groups excluding carboxylic acids is 2. The summed E-state index contributed by atoms with van der Waals surface area (Å²) in [7, 11) is 0. The van der Waals surface area contributed by atoms with E-state index in [-0.39, 0.29) is 5.57 Å². The molecular formula is C21H26O5. The Morgan fingerprint density at radius 2 is 1.65 bits per heavy atom. The van der Waals surface area contributed by atoms with Crippen molar-refractivity contribution in [3.63, 3.8) is 0 Å². The molecule has 0 unspecified atom stereocenters. The molecule has 5 heteroatoms. The van der Waals surface area contributed by atoms with Crippen molar-refractivity contribution in [1.82, 2.24) is 0 Å². The molecule has 2 aliphatic rings. The van der Waals surface area contributed by atoms with Crippen LogP contribution >= 0.6 is 0 Å². The standard InChI is InChI=1S/C21H26O5/c1-21(2)25-19(22)18(20(23)26-21)12-15-8-10-17(11-9-15)14-24-13-16-6-4-3-5-7-16/h8-12,16H,3-7,13-14H2,1-2H3. The molecule has 1 saturated heterocycles. The lowest BCUT2D eigenvalue weighted by Gasteiger charge is -2.29. The maximum Gasteiger partial charge on any atom is 0.348 e. The summed E-state index contributed by atoms with van der Waals surface area (Å²) in [6.45, 7) is 4.45. The average molecular weight is 358 g/mol. The zero-order valence-corrected chi connectivity index (χ0v) is 15.5. The Bertz CT molecular complexity index is 659. The molecule has 140 valence electrons. The summed E-state index contributed by atoms with van der Waals surface area (Å²) in [6.07, 6.45) is 8.03. The molecule has 0 amide bonds. The van der Waals surface area contributed by atoms with Crippen LogP contribution in [0, 0.1) is 5.92 Å². The molecule has 1 saturated carbocycles. The first-order valence-corrected chi connectivity index (χ1v) is 9.28. The molecule has 1 heterocycles. The molecule has 2 fully saturated rings. The van der Waals surface area contributed by atoms with Crippen LogP contribution in [0.2, 0.25) is 0 Å². The van der Waals surface area contributed by atoms with Gasteiger partial charge in [-0.25, -0.2) is 9.59 Å². The molecule has 0 bridgehead atoms. The lowest BCUT2D eigenvalue weighted by molar-refractivity contribution is -0.222. The Hall–Kier alpha value is -2.14. The van der Waals surface area contributed by atoms with Gasteiger partial charge in [-0.15, -0.1) is 0 Å². The third-order valence-corrected chi connectivity index (χ3v) is 4.75. The van der Waals surface area contributed by atoms with Crippen molar-refractivity contribution in [2.45, 2.75) is 58.3 Å². The minimum atomic E-state index is -1.22. The first-order valence-electron chi connectivity index (χ1n) is 9.28. The van der Waals surface area contributed by atoms with E-state index < -0.39 is 17.7 Å². The molecule has 26 heavy (non-hydrogen) atoms. The minimum Gasteiger partial charge on any atom is -0.419 e. The minimum absolute atomic E-state index is 0.0920. The van der Waals surface area contributed by atoms with Gasteiger partial charge in [0.25, 0.3) is 5.79 Å². The Morgan fingerprint density at radius 1 is 1.04 bits per heavy atom. The maximum absolute atomic E-state index is 12.0. The molecule has 0 atom stereocenters. The van der Waals surface area contributed by atoms with Gasteiger partial charge in [0, 0.05) is 20.5 Å². The third kappa shape index (κ3) is 4.94. The van der Waals surface area contributed by atoms with Crippen LogP contribution in [0.25, 0.3) is 6.08 Å². The highest BCUT2D eigenvalue weighted by molar-refractivity contribution is 6.18. The second kappa shape index (κ2) is 8.04. The Kier molecular flexibility index (Phi) is 5.77. The molecule has 1 aliphatic heterocycles. The van der Waals surface area contributed by atoms with Gasteiger partial charge in [-0.2, -0.15) is 0 Å². The van der Waals surface area contributed by atoms with Gasteiger partial charge in [-0.05, 0) is 36.0 Å². The van der Waals surface area contributed by atoms with Crippen LogP contribution < -0.4 is 0 Å². The quantitative estimate of drug-likeness (QED) is 0.452. The van der Waals surface area contributed by atoms with E-state index in [9.17, 15) is 9.59 Å². The number of cyclic esters (lactones) is 2. The van der Waals surface area contributed by atoms with Gasteiger partial charge in [0.2, 0.25) is 0 Å². The predicted molar refractivity (Wildman–Crippen MR) is 96.9 cm³/mol. The second-order valence-electron chi connectivity index (χ2n) is 7.50.